The highest BCUT2D eigenvalue weighted by Crippen LogP contribution is 2.41. The first-order valence-electron chi connectivity index (χ1n) is 13.8. The van der Waals surface area contributed by atoms with Crippen LogP contribution in [0.2, 0.25) is 0 Å². The predicted molar refractivity (Wildman–Crippen MR) is 157 cm³/mol. The van der Waals surface area contributed by atoms with E-state index in [-0.39, 0.29) is 23.6 Å². The molecule has 1 fully saturated rings. The zero-order valence-electron chi connectivity index (χ0n) is 25.2. The second-order valence-corrected chi connectivity index (χ2v) is 11.9. The predicted octanol–water partition coefficient (Wildman–Crippen LogP) is 0.805. The molecule has 0 radical (unpaired) electrons. The van der Waals surface area contributed by atoms with Gasteiger partial charge in [0.25, 0.3) is 5.91 Å². The molecule has 5 atom stereocenters. The Morgan fingerprint density at radius 3 is 2.45 bits per heavy atom. The second kappa shape index (κ2) is 13.5. The van der Waals surface area contributed by atoms with E-state index in [4.69, 9.17) is 25.4 Å². The summed E-state index contributed by atoms with van der Waals surface area (Å²) in [6.07, 6.45) is -3.94. The van der Waals surface area contributed by atoms with E-state index >= 15 is 0 Å². The Morgan fingerprint density at radius 1 is 1.23 bits per heavy atom. The van der Waals surface area contributed by atoms with Crippen LogP contribution in [0.4, 0.5) is 0 Å². The van der Waals surface area contributed by atoms with Gasteiger partial charge in [0.15, 0.2) is 11.9 Å². The Bertz CT molecular complexity index is 1440. The first-order valence-corrected chi connectivity index (χ1v) is 13.8. The van der Waals surface area contributed by atoms with Gasteiger partial charge in [-0.2, -0.15) is 5.26 Å². The molecule has 1 aliphatic heterocycles. The minimum Gasteiger partial charge on any atom is -0.463 e. The summed E-state index contributed by atoms with van der Waals surface area (Å²) >= 11 is 0. The number of aliphatic hydroxyl groups is 2. The molecule has 1 saturated heterocycles. The molecule has 1 amide bonds. The van der Waals surface area contributed by atoms with E-state index in [1.807, 2.05) is 6.07 Å². The lowest BCUT2D eigenvalue weighted by molar-refractivity contribution is -0.163. The van der Waals surface area contributed by atoms with E-state index in [0.717, 1.165) is 0 Å². The molecule has 0 bridgehead atoms. The molecule has 2 heterocycles. The Morgan fingerprint density at radius 2 is 1.89 bits per heavy atom. The van der Waals surface area contributed by atoms with Gasteiger partial charge in [-0.25, -0.2) is 4.99 Å². The Balaban J connectivity index is 1.93. The number of benzene rings is 1. The highest BCUT2D eigenvalue weighted by Gasteiger charge is 2.59. The van der Waals surface area contributed by atoms with Crippen molar-refractivity contribution in [2.45, 2.75) is 76.6 Å². The van der Waals surface area contributed by atoms with Crippen LogP contribution in [-0.4, -0.2) is 81.8 Å². The summed E-state index contributed by atoms with van der Waals surface area (Å²) in [4.78, 5) is 44.6. The van der Waals surface area contributed by atoms with Gasteiger partial charge in [-0.15, -0.1) is 0 Å². The summed E-state index contributed by atoms with van der Waals surface area (Å²) in [5.41, 5.74) is 2.24. The van der Waals surface area contributed by atoms with Crippen LogP contribution in [-0.2, 0) is 40.6 Å². The third-order valence-corrected chi connectivity index (χ3v) is 6.96. The van der Waals surface area contributed by atoms with E-state index < -0.39 is 65.4 Å². The third kappa shape index (κ3) is 7.74. The van der Waals surface area contributed by atoms with Gasteiger partial charge in [0.2, 0.25) is 5.60 Å². The molecule has 14 nitrogen and oxygen atoms in total. The monoisotopic (exact) mass is 610 g/mol. The Labute approximate surface area is 254 Å². The first-order chi connectivity index (χ1) is 20.5. The molecule has 14 heteroatoms. The summed E-state index contributed by atoms with van der Waals surface area (Å²) < 4.78 is 17.0. The number of carbonyl (C=O) groups excluding carboxylic acids is 3. The van der Waals surface area contributed by atoms with Crippen molar-refractivity contribution in [3.8, 4) is 6.07 Å². The van der Waals surface area contributed by atoms with Crippen molar-refractivity contribution in [3.05, 3.63) is 59.4 Å². The van der Waals surface area contributed by atoms with Crippen LogP contribution in [0.5, 0.6) is 0 Å². The summed E-state index contributed by atoms with van der Waals surface area (Å²) in [5.74, 6) is -2.45. The van der Waals surface area contributed by atoms with Crippen molar-refractivity contribution in [2.24, 2.45) is 16.1 Å². The number of amidine groups is 1. The number of aromatic nitrogens is 1. The molecule has 0 saturated carbocycles. The zero-order valence-corrected chi connectivity index (χ0v) is 25.2. The molecule has 44 heavy (non-hydrogen) atoms. The molecule has 3 rings (SSSR count). The minimum atomic E-state index is -2.17. The van der Waals surface area contributed by atoms with Gasteiger partial charge in [-0.1, -0.05) is 51.1 Å². The fraction of sp³-hybridized carbons (Fsp3) is 0.467. The fourth-order valence-electron chi connectivity index (χ4n) is 4.25. The van der Waals surface area contributed by atoms with Gasteiger partial charge in [0, 0.05) is 0 Å². The van der Waals surface area contributed by atoms with Gasteiger partial charge in [-0.05, 0) is 37.0 Å². The quantitative estimate of drug-likeness (QED) is 0.126. The number of hydrogen-bond donors (Lipinski definition) is 6. The van der Waals surface area contributed by atoms with Crippen molar-refractivity contribution in [2.75, 3.05) is 6.61 Å². The lowest BCUT2D eigenvalue weighted by Crippen LogP contribution is -2.49. The third-order valence-electron chi connectivity index (χ3n) is 6.96. The van der Waals surface area contributed by atoms with Crippen molar-refractivity contribution in [1.29, 1.82) is 10.7 Å². The molecular formula is C30H38N6O8. The number of H-pyrrole nitrogens is 1. The van der Waals surface area contributed by atoms with Crippen LogP contribution in [0.1, 0.15) is 51.6 Å². The second-order valence-electron chi connectivity index (χ2n) is 11.9. The number of aliphatic hydroxyl groups excluding tert-OH is 1. The van der Waals surface area contributed by atoms with Crippen LogP contribution in [0.25, 0.3) is 0 Å². The topological polar surface area (TPSA) is 233 Å². The van der Waals surface area contributed by atoms with Crippen molar-refractivity contribution in [1.82, 2.24) is 10.3 Å². The molecule has 1 aromatic carbocycles. The first kappa shape index (κ1) is 34.1. The standard InChI is InChI=1S/C30H38N6O8/c1-28(2,3)23(33)26(39)43-22-19(14-42-21(37)13-17-9-7-6-8-10-17)44-30(15-31,24(22)38)20-12-11-18(35-20)25(34-16-32)36-27(40)29(4,5)41/h6-12,16,19,22-24,35,38,41H,13-14,33H2,1-5H3,(H2,32,34,36,40)/t19-,22-,23-,24-,30+/m1/s1. The SMILES string of the molecule is CC(C)(O)C(=O)NC(=NC=N)c1ccc([C@]2(C#N)O[C@H](COC(=O)Cc3ccccc3)[C@@H](OC(=O)[C@@H](N)C(C)(C)C)[C@H]2O)[nH]1. The number of carbonyl (C=O) groups is 3. The fourth-order valence-corrected chi connectivity index (χ4v) is 4.25. The molecule has 0 unspecified atom stereocenters. The van der Waals surface area contributed by atoms with Gasteiger partial charge in [0.1, 0.15) is 42.9 Å². The molecule has 236 valence electrons. The van der Waals surface area contributed by atoms with Gasteiger partial charge >= 0.3 is 11.9 Å². The Kier molecular flexibility index (Phi) is 10.4. The number of nitrogens with one attached hydrogen (secondary N) is 3. The van der Waals surface area contributed by atoms with Crippen molar-refractivity contribution in [3.63, 3.8) is 0 Å². The van der Waals surface area contributed by atoms with E-state index in [1.54, 1.807) is 51.1 Å². The lowest BCUT2D eigenvalue weighted by Gasteiger charge is -2.28. The smallest absolute Gasteiger partial charge is 0.323 e. The minimum absolute atomic E-state index is 0.0167. The maximum atomic E-state index is 13.0. The number of esters is 2. The van der Waals surface area contributed by atoms with E-state index in [9.17, 15) is 29.9 Å². The molecule has 7 N–H and O–H groups in total. The van der Waals surface area contributed by atoms with Crippen LogP contribution < -0.4 is 11.1 Å². The molecule has 1 aliphatic rings. The van der Waals surface area contributed by atoms with E-state index in [1.165, 1.54) is 26.0 Å². The van der Waals surface area contributed by atoms with Gasteiger partial charge < -0.3 is 40.5 Å². The molecule has 0 aliphatic carbocycles. The molecular weight excluding hydrogens is 572 g/mol. The number of nitrogens with two attached hydrogens (primary N) is 1. The molecule has 0 spiro atoms. The number of nitriles is 1. The van der Waals surface area contributed by atoms with Gasteiger partial charge in [-0.3, -0.25) is 19.8 Å². The normalized spacial score (nSPS) is 22.9. The number of rotatable bonds is 10. The van der Waals surface area contributed by atoms with Crippen molar-refractivity contribution >= 4 is 30.0 Å². The average Bonchev–Trinajstić information content (AvgIpc) is 3.55. The summed E-state index contributed by atoms with van der Waals surface area (Å²) in [6, 6.07) is 12.5. The summed E-state index contributed by atoms with van der Waals surface area (Å²) in [7, 11) is 0. The molecule has 2 aromatic rings. The number of hydrogen-bond acceptors (Lipinski definition) is 11. The zero-order chi connectivity index (χ0) is 32.9. The number of ether oxygens (including phenoxy) is 3. The number of aliphatic imine (C=N–C) groups is 1. The largest absolute Gasteiger partial charge is 0.463 e. The van der Waals surface area contributed by atoms with E-state index in [0.29, 0.717) is 11.9 Å². The van der Waals surface area contributed by atoms with Crippen LogP contribution in [0.3, 0.4) is 0 Å². The highest BCUT2D eigenvalue weighted by molar-refractivity contribution is 6.10. The van der Waals surface area contributed by atoms with E-state index in [2.05, 4.69) is 15.3 Å². The maximum Gasteiger partial charge on any atom is 0.323 e. The highest BCUT2D eigenvalue weighted by atomic mass is 16.6. The van der Waals surface area contributed by atoms with Gasteiger partial charge in [0.05, 0.1) is 17.8 Å². The average molecular weight is 611 g/mol. The van der Waals surface area contributed by atoms with Crippen LogP contribution in [0.15, 0.2) is 47.5 Å². The Hall–Kier alpha value is -4.42. The summed E-state index contributed by atoms with van der Waals surface area (Å²) in [5, 5.41) is 41.6. The maximum absolute atomic E-state index is 13.0. The number of nitrogens with zero attached hydrogens (tertiary/aromatic N) is 2. The number of amides is 1. The molecule has 1 aromatic heterocycles. The lowest BCUT2D eigenvalue weighted by atomic mass is 9.87. The van der Waals surface area contributed by atoms with Crippen molar-refractivity contribution < 1.29 is 38.8 Å². The van der Waals surface area contributed by atoms with Crippen LogP contribution in [0, 0.1) is 22.2 Å². The summed E-state index contributed by atoms with van der Waals surface area (Å²) in [6.45, 7) is 7.24. The van der Waals surface area contributed by atoms with Crippen LogP contribution >= 0.6 is 0 Å². The number of aromatic amines is 1.